The first-order valence-corrected chi connectivity index (χ1v) is 4.34. The molecule has 0 saturated heterocycles. The van der Waals surface area contributed by atoms with Gasteiger partial charge in [0.2, 0.25) is 0 Å². The average molecular weight is 171 g/mol. The molecule has 0 radical (unpaired) electrons. The quantitative estimate of drug-likeness (QED) is 0.371. The summed E-state index contributed by atoms with van der Waals surface area (Å²) in [5, 5.41) is 0. The Morgan fingerprint density at radius 2 is 2.25 bits per heavy atom. The molecular weight excluding hydrogens is 154 g/mol. The van der Waals surface area contributed by atoms with Crippen LogP contribution in [0.1, 0.15) is 26.2 Å². The molecule has 0 unspecified atom stereocenters. The van der Waals surface area contributed by atoms with Gasteiger partial charge in [-0.25, -0.2) is 4.79 Å². The molecule has 2 N–H and O–H groups in total. The van der Waals surface area contributed by atoms with E-state index in [1.807, 2.05) is 6.08 Å². The van der Waals surface area contributed by atoms with Crippen molar-refractivity contribution >= 4 is 5.97 Å². The first-order valence-electron chi connectivity index (χ1n) is 4.34. The zero-order valence-electron chi connectivity index (χ0n) is 7.58. The fourth-order valence-electron chi connectivity index (χ4n) is 0.776. The van der Waals surface area contributed by atoms with E-state index in [2.05, 4.69) is 0 Å². The number of ether oxygens (including phenoxy) is 1. The summed E-state index contributed by atoms with van der Waals surface area (Å²) >= 11 is 0. The number of carbonyl (C=O) groups is 1. The molecule has 0 aliphatic rings. The van der Waals surface area contributed by atoms with Gasteiger partial charge in [0.15, 0.2) is 0 Å². The standard InChI is InChI=1S/C9H17NO2/c1-2-12-9(11)7-5-3-4-6-8-10/h5,7H,2-4,6,8,10H2,1H3/b7-5+. The van der Waals surface area contributed by atoms with Gasteiger partial charge in [-0.1, -0.05) is 6.08 Å². The van der Waals surface area contributed by atoms with Crippen LogP contribution in [0.3, 0.4) is 0 Å². The first-order chi connectivity index (χ1) is 5.81. The Bertz CT molecular complexity index is 143. The Morgan fingerprint density at radius 3 is 2.83 bits per heavy atom. The lowest BCUT2D eigenvalue weighted by atomic mass is 10.2. The summed E-state index contributed by atoms with van der Waals surface area (Å²) in [7, 11) is 0. The van der Waals surface area contributed by atoms with Gasteiger partial charge in [0.25, 0.3) is 0 Å². The normalized spacial score (nSPS) is 10.5. The van der Waals surface area contributed by atoms with Gasteiger partial charge in [-0.2, -0.15) is 0 Å². The third-order valence-electron chi connectivity index (χ3n) is 1.37. The van der Waals surface area contributed by atoms with Gasteiger partial charge in [0, 0.05) is 6.08 Å². The second-order valence-electron chi connectivity index (χ2n) is 2.44. The fourth-order valence-corrected chi connectivity index (χ4v) is 0.776. The van der Waals surface area contributed by atoms with Crippen molar-refractivity contribution in [2.24, 2.45) is 5.73 Å². The summed E-state index contributed by atoms with van der Waals surface area (Å²) in [6, 6.07) is 0. The first kappa shape index (κ1) is 11.2. The molecule has 70 valence electrons. The highest BCUT2D eigenvalue weighted by atomic mass is 16.5. The molecule has 3 nitrogen and oxygen atoms in total. The lowest BCUT2D eigenvalue weighted by Gasteiger charge is -1.94. The van der Waals surface area contributed by atoms with Crippen molar-refractivity contribution in [1.29, 1.82) is 0 Å². The maximum atomic E-state index is 10.7. The summed E-state index contributed by atoms with van der Waals surface area (Å²) in [5.74, 6) is -0.259. The van der Waals surface area contributed by atoms with Crippen molar-refractivity contribution in [2.75, 3.05) is 13.2 Å². The molecule has 0 heterocycles. The highest BCUT2D eigenvalue weighted by Gasteiger charge is 1.91. The lowest BCUT2D eigenvalue weighted by Crippen LogP contribution is -1.99. The van der Waals surface area contributed by atoms with Gasteiger partial charge in [0.05, 0.1) is 6.61 Å². The van der Waals surface area contributed by atoms with E-state index >= 15 is 0 Å². The highest BCUT2D eigenvalue weighted by Crippen LogP contribution is 1.94. The van der Waals surface area contributed by atoms with Crippen LogP contribution in [-0.2, 0) is 9.53 Å². The van der Waals surface area contributed by atoms with E-state index in [9.17, 15) is 4.79 Å². The predicted molar refractivity (Wildman–Crippen MR) is 48.7 cm³/mol. The Morgan fingerprint density at radius 1 is 1.50 bits per heavy atom. The molecular formula is C9H17NO2. The molecule has 0 aromatic rings. The molecule has 0 amide bonds. The summed E-state index contributed by atoms with van der Waals surface area (Å²) in [6.07, 6.45) is 6.24. The zero-order valence-corrected chi connectivity index (χ0v) is 7.58. The van der Waals surface area contributed by atoms with Gasteiger partial charge in [0.1, 0.15) is 0 Å². The van der Waals surface area contributed by atoms with E-state index in [1.54, 1.807) is 6.92 Å². The van der Waals surface area contributed by atoms with Gasteiger partial charge in [-0.3, -0.25) is 0 Å². The Kier molecular flexibility index (Phi) is 7.70. The van der Waals surface area contributed by atoms with E-state index in [-0.39, 0.29) is 5.97 Å². The van der Waals surface area contributed by atoms with E-state index in [0.29, 0.717) is 13.2 Å². The second kappa shape index (κ2) is 8.27. The number of nitrogens with two attached hydrogens (primary N) is 1. The van der Waals surface area contributed by atoms with Crippen molar-refractivity contribution in [2.45, 2.75) is 26.2 Å². The summed E-state index contributed by atoms with van der Waals surface area (Å²) in [4.78, 5) is 10.7. The van der Waals surface area contributed by atoms with Crippen LogP contribution in [0.15, 0.2) is 12.2 Å². The number of esters is 1. The Balaban J connectivity index is 3.29. The topological polar surface area (TPSA) is 52.3 Å². The van der Waals surface area contributed by atoms with Gasteiger partial charge >= 0.3 is 5.97 Å². The molecule has 3 heteroatoms. The van der Waals surface area contributed by atoms with Crippen LogP contribution in [-0.4, -0.2) is 19.1 Å². The number of unbranched alkanes of at least 4 members (excludes halogenated alkanes) is 2. The van der Waals surface area contributed by atoms with Crippen LogP contribution in [0.5, 0.6) is 0 Å². The number of hydrogen-bond donors (Lipinski definition) is 1. The maximum Gasteiger partial charge on any atom is 0.330 e. The third kappa shape index (κ3) is 7.28. The third-order valence-corrected chi connectivity index (χ3v) is 1.37. The van der Waals surface area contributed by atoms with E-state index in [0.717, 1.165) is 19.3 Å². The minimum Gasteiger partial charge on any atom is -0.463 e. The number of hydrogen-bond acceptors (Lipinski definition) is 3. The molecule has 12 heavy (non-hydrogen) atoms. The monoisotopic (exact) mass is 171 g/mol. The molecule has 0 aromatic carbocycles. The van der Waals surface area contributed by atoms with Crippen LogP contribution in [0, 0.1) is 0 Å². The molecule has 0 aliphatic carbocycles. The summed E-state index contributed by atoms with van der Waals surface area (Å²) < 4.78 is 4.70. The van der Waals surface area contributed by atoms with Gasteiger partial charge in [-0.05, 0) is 32.7 Å². The average Bonchev–Trinajstić information content (AvgIpc) is 2.05. The van der Waals surface area contributed by atoms with Crippen molar-refractivity contribution in [3.8, 4) is 0 Å². The van der Waals surface area contributed by atoms with Crippen molar-refractivity contribution in [3.63, 3.8) is 0 Å². The zero-order chi connectivity index (χ0) is 9.23. The van der Waals surface area contributed by atoms with Crippen LogP contribution in [0.4, 0.5) is 0 Å². The van der Waals surface area contributed by atoms with Crippen molar-refractivity contribution in [3.05, 3.63) is 12.2 Å². The molecule has 0 aromatic heterocycles. The SMILES string of the molecule is CCOC(=O)/C=C/CCCCN. The molecule has 0 atom stereocenters. The Labute approximate surface area is 73.6 Å². The van der Waals surface area contributed by atoms with Gasteiger partial charge in [-0.15, -0.1) is 0 Å². The number of rotatable bonds is 6. The maximum absolute atomic E-state index is 10.7. The van der Waals surface area contributed by atoms with Crippen LogP contribution in [0.25, 0.3) is 0 Å². The van der Waals surface area contributed by atoms with E-state index in [4.69, 9.17) is 10.5 Å². The highest BCUT2D eigenvalue weighted by molar-refractivity contribution is 5.81. The molecule has 0 fully saturated rings. The van der Waals surface area contributed by atoms with Crippen LogP contribution in [0.2, 0.25) is 0 Å². The molecule has 0 spiro atoms. The Hall–Kier alpha value is -0.830. The number of allylic oxidation sites excluding steroid dienone is 1. The largest absolute Gasteiger partial charge is 0.463 e. The lowest BCUT2D eigenvalue weighted by molar-refractivity contribution is -0.137. The minimum absolute atomic E-state index is 0.259. The van der Waals surface area contributed by atoms with Crippen LogP contribution >= 0.6 is 0 Å². The number of carbonyl (C=O) groups excluding carboxylic acids is 1. The molecule has 0 saturated carbocycles. The summed E-state index contributed by atoms with van der Waals surface area (Å²) in [6.45, 7) is 2.94. The van der Waals surface area contributed by atoms with E-state index < -0.39 is 0 Å². The fraction of sp³-hybridized carbons (Fsp3) is 0.667. The molecule has 0 aliphatic heterocycles. The van der Waals surface area contributed by atoms with E-state index in [1.165, 1.54) is 6.08 Å². The molecule has 0 bridgehead atoms. The predicted octanol–water partition coefficient (Wildman–Crippen LogP) is 1.23. The minimum atomic E-state index is -0.259. The van der Waals surface area contributed by atoms with Crippen molar-refractivity contribution in [1.82, 2.24) is 0 Å². The second-order valence-corrected chi connectivity index (χ2v) is 2.44. The van der Waals surface area contributed by atoms with Crippen molar-refractivity contribution < 1.29 is 9.53 Å². The summed E-state index contributed by atoms with van der Waals surface area (Å²) in [5.41, 5.74) is 5.30. The van der Waals surface area contributed by atoms with Gasteiger partial charge < -0.3 is 10.5 Å². The van der Waals surface area contributed by atoms with Crippen LogP contribution < -0.4 is 5.73 Å². The smallest absolute Gasteiger partial charge is 0.330 e. The molecule has 0 rings (SSSR count).